The third kappa shape index (κ3) is 39.9. The Morgan fingerprint density at radius 2 is 1.06 bits per heavy atom. The van der Waals surface area contributed by atoms with Crippen LogP contribution in [0.5, 0.6) is 0 Å². The van der Waals surface area contributed by atoms with Crippen LogP contribution in [-0.2, 0) is 37.5 Å². The number of carboxylic acids is 1. The van der Waals surface area contributed by atoms with Gasteiger partial charge in [0.1, 0.15) is 12.6 Å². The van der Waals surface area contributed by atoms with E-state index in [0.717, 1.165) is 51.4 Å². The van der Waals surface area contributed by atoms with E-state index in [4.69, 9.17) is 24.8 Å². The van der Waals surface area contributed by atoms with Crippen molar-refractivity contribution in [3.8, 4) is 0 Å². The lowest BCUT2D eigenvalue weighted by Gasteiger charge is -2.20. The maximum atomic E-state index is 12.7. The normalized spacial score (nSPS) is 15.2. The second-order valence-electron chi connectivity index (χ2n) is 15.8. The fraction of sp³-hybridized carbons (Fsp3) is 0.729. The van der Waals surface area contributed by atoms with Crippen LogP contribution in [0.1, 0.15) is 181 Å². The van der Waals surface area contributed by atoms with Crippen molar-refractivity contribution < 1.29 is 57.7 Å². The fourth-order valence-electron chi connectivity index (χ4n) is 6.15. The maximum absolute atomic E-state index is 12.7. The summed E-state index contributed by atoms with van der Waals surface area (Å²) in [6.07, 6.45) is 41.7. The van der Waals surface area contributed by atoms with E-state index in [1.54, 1.807) is 6.08 Å². The Labute approximate surface area is 373 Å². The van der Waals surface area contributed by atoms with Crippen LogP contribution in [0.25, 0.3) is 0 Å². The molecule has 13 nitrogen and oxygen atoms in total. The van der Waals surface area contributed by atoms with E-state index in [1.807, 2.05) is 12.2 Å². The molecular weight excluding hydrogens is 813 g/mol. The first kappa shape index (κ1) is 59.1. The second-order valence-corrected chi connectivity index (χ2v) is 17.3. The van der Waals surface area contributed by atoms with E-state index in [9.17, 15) is 34.1 Å². The van der Waals surface area contributed by atoms with Crippen molar-refractivity contribution >= 4 is 25.7 Å². The largest absolute Gasteiger partial charge is 0.480 e. The smallest absolute Gasteiger partial charge is 0.472 e. The number of carbonyl (C=O) groups is 3. The first-order valence-corrected chi connectivity index (χ1v) is 25.0. The molecule has 5 atom stereocenters. The number of ether oxygens (including phenoxy) is 2. The van der Waals surface area contributed by atoms with Gasteiger partial charge in [0.2, 0.25) is 0 Å². The predicted octanol–water partition coefficient (Wildman–Crippen LogP) is 10.7. The summed E-state index contributed by atoms with van der Waals surface area (Å²) in [5.41, 5.74) is 5.33. The van der Waals surface area contributed by atoms with Gasteiger partial charge < -0.3 is 35.4 Å². The first-order chi connectivity index (χ1) is 29.9. The van der Waals surface area contributed by atoms with E-state index in [1.165, 1.54) is 70.6 Å². The molecular formula is C48H84NO12P. The highest BCUT2D eigenvalue weighted by atomic mass is 31.2. The Morgan fingerprint density at radius 3 is 1.61 bits per heavy atom. The lowest BCUT2D eigenvalue weighted by Crippen LogP contribution is -2.34. The van der Waals surface area contributed by atoms with Crippen LogP contribution in [0, 0.1) is 0 Å². The van der Waals surface area contributed by atoms with E-state index in [0.29, 0.717) is 12.8 Å². The van der Waals surface area contributed by atoms with E-state index >= 15 is 0 Å². The SMILES string of the molecule is CC/C=C\C/C=C\C/C=C\C/C=C\C[C@H](O)[C@@H](O)CCCC(=O)OC[C@H](COP(=O)(O)OC[C@H](N)C(=O)O)OC(=O)CCCCCCCCCCC/C=C\CCCCCCCC. The topological polar surface area (TPSA) is 212 Å². The zero-order valence-electron chi connectivity index (χ0n) is 38.2. The number of carbonyl (C=O) groups excluding carboxylic acids is 2. The van der Waals surface area contributed by atoms with Crippen LogP contribution < -0.4 is 5.73 Å². The lowest BCUT2D eigenvalue weighted by atomic mass is 10.0. The van der Waals surface area contributed by atoms with Crippen LogP contribution in [-0.4, -0.2) is 82.3 Å². The van der Waals surface area contributed by atoms with E-state index in [2.05, 4.69) is 60.9 Å². The van der Waals surface area contributed by atoms with Crippen molar-refractivity contribution in [3.63, 3.8) is 0 Å². The highest BCUT2D eigenvalue weighted by Gasteiger charge is 2.28. The highest BCUT2D eigenvalue weighted by molar-refractivity contribution is 7.47. The van der Waals surface area contributed by atoms with Gasteiger partial charge >= 0.3 is 25.7 Å². The number of carboxylic acid groups (broad SMARTS) is 1. The zero-order valence-corrected chi connectivity index (χ0v) is 39.1. The van der Waals surface area contributed by atoms with Gasteiger partial charge in [-0.3, -0.25) is 23.4 Å². The number of hydrogen-bond acceptors (Lipinski definition) is 11. The van der Waals surface area contributed by atoms with Crippen molar-refractivity contribution in [2.45, 2.75) is 205 Å². The standard InChI is InChI=1S/C48H84NO12P/c1-3-5-7-9-11-13-15-17-18-19-20-21-22-23-25-27-29-31-33-37-47(53)61-42(40-59-62(56,57)60-41-43(49)48(54)55)39-58-46(52)38-34-36-45(51)44(50)35-32-30-28-26-24-16-14-12-10-8-6-4-2/h6,8,12,14,17-18,24,26,30,32,42-45,50-51H,3-5,7,9-11,13,15-16,19-23,25,27-29,31,33-41,49H2,1-2H3,(H,54,55)(H,56,57)/b8-6-,14-12-,18-17-,26-24-,32-30-/t42-,43+,44+,45+/m1/s1. The maximum Gasteiger partial charge on any atom is 0.472 e. The number of aliphatic carboxylic acids is 1. The number of nitrogens with two attached hydrogens (primary N) is 1. The molecule has 0 aliphatic rings. The molecule has 0 aromatic heterocycles. The van der Waals surface area contributed by atoms with Crippen molar-refractivity contribution in [2.24, 2.45) is 5.73 Å². The number of aliphatic hydroxyl groups excluding tert-OH is 2. The monoisotopic (exact) mass is 898 g/mol. The second kappa shape index (κ2) is 42.1. The number of allylic oxidation sites excluding steroid dienone is 9. The molecule has 6 N–H and O–H groups in total. The minimum atomic E-state index is -4.79. The summed E-state index contributed by atoms with van der Waals surface area (Å²) in [4.78, 5) is 46.1. The Kier molecular flexibility index (Phi) is 40.1. The summed E-state index contributed by atoms with van der Waals surface area (Å²) in [6.45, 7) is 2.39. The molecule has 1 unspecified atom stereocenters. The number of aliphatic hydroxyl groups is 2. The summed E-state index contributed by atoms with van der Waals surface area (Å²) in [5.74, 6) is -2.70. The Hall–Kier alpha value is -2.90. The molecule has 0 aliphatic carbocycles. The van der Waals surface area contributed by atoms with Gasteiger partial charge in [0.25, 0.3) is 0 Å². The third-order valence-corrected chi connectivity index (χ3v) is 10.9. The van der Waals surface area contributed by atoms with Gasteiger partial charge in [0, 0.05) is 12.8 Å². The molecule has 358 valence electrons. The summed E-state index contributed by atoms with van der Waals surface area (Å²) in [7, 11) is -4.79. The zero-order chi connectivity index (χ0) is 45.9. The molecule has 0 heterocycles. The number of phosphoric ester groups is 1. The average molecular weight is 898 g/mol. The number of phosphoric acid groups is 1. The summed E-state index contributed by atoms with van der Waals surface area (Å²) in [6, 6.07) is -1.56. The summed E-state index contributed by atoms with van der Waals surface area (Å²) in [5, 5.41) is 29.6. The van der Waals surface area contributed by atoms with E-state index in [-0.39, 0.29) is 32.1 Å². The minimum Gasteiger partial charge on any atom is -0.480 e. The van der Waals surface area contributed by atoms with Crippen molar-refractivity contribution in [2.75, 3.05) is 19.8 Å². The molecule has 0 aromatic rings. The Balaban J connectivity index is 4.53. The molecule has 0 saturated heterocycles. The van der Waals surface area contributed by atoms with Gasteiger partial charge in [-0.25, -0.2) is 4.57 Å². The van der Waals surface area contributed by atoms with Gasteiger partial charge in [0.05, 0.1) is 25.4 Å². The molecule has 0 aromatic carbocycles. The Morgan fingerprint density at radius 1 is 0.581 bits per heavy atom. The van der Waals surface area contributed by atoms with Crippen LogP contribution >= 0.6 is 7.82 Å². The van der Waals surface area contributed by atoms with Crippen LogP contribution in [0.15, 0.2) is 60.8 Å². The Bertz CT molecular complexity index is 1320. The molecule has 0 spiro atoms. The van der Waals surface area contributed by atoms with Crippen LogP contribution in [0.4, 0.5) is 0 Å². The fourth-order valence-corrected chi connectivity index (χ4v) is 6.93. The molecule has 14 heteroatoms. The average Bonchev–Trinajstić information content (AvgIpc) is 3.24. The first-order valence-electron chi connectivity index (χ1n) is 23.5. The third-order valence-electron chi connectivity index (χ3n) is 9.95. The minimum absolute atomic E-state index is 0.0959. The number of rotatable bonds is 43. The molecule has 0 aliphatic heterocycles. The molecule has 0 radical (unpaired) electrons. The van der Waals surface area contributed by atoms with E-state index < -0.39 is 69.9 Å². The number of hydrogen-bond donors (Lipinski definition) is 5. The molecule has 0 amide bonds. The number of unbranched alkanes of at least 4 members (excludes halogenated alkanes) is 15. The van der Waals surface area contributed by atoms with Gasteiger partial charge in [-0.1, -0.05) is 152 Å². The molecule has 0 saturated carbocycles. The van der Waals surface area contributed by atoms with Gasteiger partial charge in [-0.15, -0.1) is 0 Å². The van der Waals surface area contributed by atoms with Crippen molar-refractivity contribution in [3.05, 3.63) is 60.8 Å². The summed E-state index contributed by atoms with van der Waals surface area (Å²) < 4.78 is 32.6. The molecule has 0 fully saturated rings. The summed E-state index contributed by atoms with van der Waals surface area (Å²) >= 11 is 0. The predicted molar refractivity (Wildman–Crippen MR) is 247 cm³/mol. The number of esters is 2. The van der Waals surface area contributed by atoms with Gasteiger partial charge in [0.15, 0.2) is 6.10 Å². The highest BCUT2D eigenvalue weighted by Crippen LogP contribution is 2.43. The molecule has 62 heavy (non-hydrogen) atoms. The van der Waals surface area contributed by atoms with Crippen LogP contribution in [0.2, 0.25) is 0 Å². The van der Waals surface area contributed by atoms with Gasteiger partial charge in [-0.05, 0) is 77.0 Å². The van der Waals surface area contributed by atoms with Crippen molar-refractivity contribution in [1.29, 1.82) is 0 Å². The molecule has 0 bridgehead atoms. The molecule has 0 rings (SSSR count). The van der Waals surface area contributed by atoms with Gasteiger partial charge in [-0.2, -0.15) is 0 Å². The van der Waals surface area contributed by atoms with Crippen molar-refractivity contribution in [1.82, 2.24) is 0 Å². The quantitative estimate of drug-likeness (QED) is 0.0167. The lowest BCUT2D eigenvalue weighted by molar-refractivity contribution is -0.161. The van der Waals surface area contributed by atoms with Crippen LogP contribution in [0.3, 0.4) is 0 Å².